The van der Waals surface area contributed by atoms with E-state index in [-0.39, 0.29) is 17.8 Å². The Kier molecular flexibility index (Phi) is 4.17. The molecule has 0 saturated carbocycles. The number of ketones is 1. The van der Waals surface area contributed by atoms with Gasteiger partial charge in [-0.15, -0.1) is 0 Å². The first-order valence-corrected chi connectivity index (χ1v) is 6.93. The van der Waals surface area contributed by atoms with Crippen molar-refractivity contribution < 1.29 is 14.1 Å². The Balaban J connectivity index is 2.06. The molecule has 0 bridgehead atoms. The van der Waals surface area contributed by atoms with Crippen molar-refractivity contribution in [3.05, 3.63) is 11.7 Å². The zero-order valence-corrected chi connectivity index (χ0v) is 10.8. The van der Waals surface area contributed by atoms with Gasteiger partial charge in [0.2, 0.25) is 11.7 Å². The molecule has 94 valence electrons. The summed E-state index contributed by atoms with van der Waals surface area (Å²) in [4.78, 5) is 15.8. The summed E-state index contributed by atoms with van der Waals surface area (Å²) < 4.78 is 10.7. The van der Waals surface area contributed by atoms with E-state index in [2.05, 4.69) is 10.1 Å². The highest BCUT2D eigenvalue weighted by Crippen LogP contribution is 2.26. The smallest absolute Gasteiger partial charge is 0.237 e. The normalized spacial score (nSPS) is 22.4. The average Bonchev–Trinajstić information content (AvgIpc) is 2.87. The Morgan fingerprint density at radius 2 is 2.47 bits per heavy atom. The summed E-state index contributed by atoms with van der Waals surface area (Å²) in [5.74, 6) is 2.59. The second-order valence-corrected chi connectivity index (χ2v) is 5.12. The predicted molar refractivity (Wildman–Crippen MR) is 64.0 cm³/mol. The van der Waals surface area contributed by atoms with E-state index in [0.717, 1.165) is 11.5 Å². The fourth-order valence-electron chi connectivity index (χ4n) is 1.63. The van der Waals surface area contributed by atoms with Crippen LogP contribution < -0.4 is 0 Å². The Morgan fingerprint density at radius 3 is 3.12 bits per heavy atom. The third-order valence-corrected chi connectivity index (χ3v) is 3.76. The quantitative estimate of drug-likeness (QED) is 0.820. The maximum Gasteiger partial charge on any atom is 0.237 e. The number of nitrogens with zero attached hydrogens (tertiary/aromatic N) is 2. The minimum atomic E-state index is -0.322. The molecule has 2 atom stereocenters. The molecule has 1 saturated heterocycles. The second kappa shape index (κ2) is 5.64. The van der Waals surface area contributed by atoms with Crippen molar-refractivity contribution in [1.82, 2.24) is 10.1 Å². The molecular formula is C11H16N2O3S. The summed E-state index contributed by atoms with van der Waals surface area (Å²) in [6, 6.07) is 0. The highest BCUT2D eigenvalue weighted by molar-refractivity contribution is 7.99. The van der Waals surface area contributed by atoms with Crippen molar-refractivity contribution in [3.63, 3.8) is 0 Å². The van der Waals surface area contributed by atoms with Crippen LogP contribution in [0.25, 0.3) is 0 Å². The van der Waals surface area contributed by atoms with E-state index in [1.165, 1.54) is 0 Å². The SMILES string of the molecule is CCC(=O)C(C)c1nc(C2CSCCO2)no1. The summed E-state index contributed by atoms with van der Waals surface area (Å²) in [7, 11) is 0. The van der Waals surface area contributed by atoms with Crippen LogP contribution in [0.5, 0.6) is 0 Å². The number of ether oxygens (including phenoxy) is 1. The van der Waals surface area contributed by atoms with Gasteiger partial charge in [0, 0.05) is 17.9 Å². The summed E-state index contributed by atoms with van der Waals surface area (Å²) in [5.41, 5.74) is 0. The van der Waals surface area contributed by atoms with E-state index in [1.54, 1.807) is 6.92 Å². The third-order valence-electron chi connectivity index (χ3n) is 2.76. The molecule has 2 heterocycles. The summed E-state index contributed by atoms with van der Waals surface area (Å²) in [5, 5.41) is 3.90. The topological polar surface area (TPSA) is 65.2 Å². The van der Waals surface area contributed by atoms with Crippen LogP contribution in [-0.2, 0) is 9.53 Å². The number of thioether (sulfide) groups is 1. The summed E-state index contributed by atoms with van der Waals surface area (Å²) in [6.07, 6.45) is 0.379. The molecule has 1 aromatic rings. The molecule has 0 spiro atoms. The molecule has 0 N–H and O–H groups in total. The summed E-state index contributed by atoms with van der Waals surface area (Å²) >= 11 is 1.81. The molecule has 17 heavy (non-hydrogen) atoms. The van der Waals surface area contributed by atoms with E-state index in [9.17, 15) is 4.79 Å². The maximum atomic E-state index is 11.5. The van der Waals surface area contributed by atoms with Gasteiger partial charge in [-0.1, -0.05) is 12.1 Å². The van der Waals surface area contributed by atoms with Crippen molar-refractivity contribution in [2.75, 3.05) is 18.1 Å². The van der Waals surface area contributed by atoms with Gasteiger partial charge in [0.05, 0.1) is 12.5 Å². The van der Waals surface area contributed by atoms with Crippen LogP contribution in [0.3, 0.4) is 0 Å². The van der Waals surface area contributed by atoms with Crippen LogP contribution in [0.4, 0.5) is 0 Å². The molecular weight excluding hydrogens is 240 g/mol. The number of rotatable bonds is 4. The molecule has 0 aliphatic carbocycles. The van der Waals surface area contributed by atoms with Crippen LogP contribution in [0, 0.1) is 0 Å². The van der Waals surface area contributed by atoms with Crippen molar-refractivity contribution in [2.45, 2.75) is 32.3 Å². The first kappa shape index (κ1) is 12.6. The molecule has 1 aliphatic rings. The van der Waals surface area contributed by atoms with Gasteiger partial charge in [-0.3, -0.25) is 4.79 Å². The number of hydrogen-bond donors (Lipinski definition) is 0. The largest absolute Gasteiger partial charge is 0.368 e. The molecule has 6 heteroatoms. The lowest BCUT2D eigenvalue weighted by atomic mass is 10.1. The van der Waals surface area contributed by atoms with Gasteiger partial charge in [0.15, 0.2) is 0 Å². The lowest BCUT2D eigenvalue weighted by Crippen LogP contribution is -2.17. The molecule has 2 unspecified atom stereocenters. The number of aromatic nitrogens is 2. The van der Waals surface area contributed by atoms with Crippen LogP contribution in [-0.4, -0.2) is 34.0 Å². The van der Waals surface area contributed by atoms with Crippen molar-refractivity contribution in [2.24, 2.45) is 0 Å². The minimum Gasteiger partial charge on any atom is -0.368 e. The summed E-state index contributed by atoms with van der Waals surface area (Å²) in [6.45, 7) is 4.33. The predicted octanol–water partition coefficient (Wildman–Crippen LogP) is 1.96. The first-order valence-electron chi connectivity index (χ1n) is 5.78. The fourth-order valence-corrected chi connectivity index (χ4v) is 2.47. The lowest BCUT2D eigenvalue weighted by Gasteiger charge is -2.18. The minimum absolute atomic E-state index is 0.102. The molecule has 0 aromatic carbocycles. The van der Waals surface area contributed by atoms with E-state index in [1.807, 2.05) is 18.7 Å². The first-order chi connectivity index (χ1) is 8.22. The molecule has 1 aliphatic heterocycles. The molecule has 0 amide bonds. The zero-order chi connectivity index (χ0) is 12.3. The van der Waals surface area contributed by atoms with Crippen LogP contribution >= 0.6 is 11.8 Å². The molecule has 0 radical (unpaired) electrons. The van der Waals surface area contributed by atoms with E-state index in [0.29, 0.717) is 24.7 Å². The van der Waals surface area contributed by atoms with Gasteiger partial charge < -0.3 is 9.26 Å². The van der Waals surface area contributed by atoms with E-state index >= 15 is 0 Å². The Bertz CT molecular complexity index is 388. The number of hydrogen-bond acceptors (Lipinski definition) is 6. The van der Waals surface area contributed by atoms with E-state index < -0.39 is 0 Å². The van der Waals surface area contributed by atoms with Crippen LogP contribution in [0.2, 0.25) is 0 Å². The van der Waals surface area contributed by atoms with Crippen molar-refractivity contribution in [1.29, 1.82) is 0 Å². The van der Waals surface area contributed by atoms with Crippen LogP contribution in [0.1, 0.15) is 44.0 Å². The fraction of sp³-hybridized carbons (Fsp3) is 0.727. The van der Waals surface area contributed by atoms with Gasteiger partial charge >= 0.3 is 0 Å². The second-order valence-electron chi connectivity index (χ2n) is 3.97. The maximum absolute atomic E-state index is 11.5. The number of carbonyl (C=O) groups excluding carboxylic acids is 1. The van der Waals surface area contributed by atoms with Gasteiger partial charge in [-0.05, 0) is 6.92 Å². The Labute approximate surface area is 104 Å². The number of carbonyl (C=O) groups is 1. The highest BCUT2D eigenvalue weighted by atomic mass is 32.2. The van der Waals surface area contributed by atoms with Crippen LogP contribution in [0.15, 0.2) is 4.52 Å². The Morgan fingerprint density at radius 1 is 1.65 bits per heavy atom. The van der Waals surface area contributed by atoms with Gasteiger partial charge in [0.1, 0.15) is 11.9 Å². The van der Waals surface area contributed by atoms with E-state index in [4.69, 9.17) is 9.26 Å². The van der Waals surface area contributed by atoms with Gasteiger partial charge in [-0.25, -0.2) is 0 Å². The van der Waals surface area contributed by atoms with Gasteiger partial charge in [0.25, 0.3) is 0 Å². The number of Topliss-reactive ketones (excluding diaryl/α,β-unsaturated/α-hetero) is 1. The average molecular weight is 256 g/mol. The zero-order valence-electron chi connectivity index (χ0n) is 10.0. The molecule has 2 rings (SSSR count). The molecule has 5 nitrogen and oxygen atoms in total. The third kappa shape index (κ3) is 2.87. The van der Waals surface area contributed by atoms with Crippen molar-refractivity contribution >= 4 is 17.5 Å². The van der Waals surface area contributed by atoms with Crippen molar-refractivity contribution in [3.8, 4) is 0 Å². The standard InChI is InChI=1S/C11H16N2O3S/c1-3-8(14)7(2)11-12-10(13-16-11)9-6-17-5-4-15-9/h7,9H,3-6H2,1-2H3. The molecule has 1 fully saturated rings. The Hall–Kier alpha value is -0.880. The van der Waals surface area contributed by atoms with Gasteiger partial charge in [-0.2, -0.15) is 16.7 Å². The highest BCUT2D eigenvalue weighted by Gasteiger charge is 2.25. The molecule has 1 aromatic heterocycles. The monoisotopic (exact) mass is 256 g/mol. The lowest BCUT2D eigenvalue weighted by molar-refractivity contribution is -0.120.